The van der Waals surface area contributed by atoms with Gasteiger partial charge in [-0.05, 0) is 12.8 Å². The van der Waals surface area contributed by atoms with Gasteiger partial charge < -0.3 is 10.5 Å². The van der Waals surface area contributed by atoms with E-state index in [0.29, 0.717) is 0 Å². The monoisotopic (exact) mass is 253 g/mol. The van der Waals surface area contributed by atoms with Gasteiger partial charge in [0.2, 0.25) is 0 Å². The number of nitrogens with zero attached hydrogens (tertiary/aromatic N) is 2. The molecule has 1 atom stereocenters. The minimum absolute atomic E-state index is 0.0332. The van der Waals surface area contributed by atoms with Gasteiger partial charge in [-0.2, -0.15) is 5.10 Å². The molecule has 0 saturated heterocycles. The average Bonchev–Trinajstić information content (AvgIpc) is 2.78. The fraction of sp³-hybridized carbons (Fsp3) is 0.786. The summed E-state index contributed by atoms with van der Waals surface area (Å²) in [4.78, 5) is 0. The lowest BCUT2D eigenvalue weighted by molar-refractivity contribution is 0.396. The van der Waals surface area contributed by atoms with Crippen LogP contribution in [0.4, 0.5) is 0 Å². The van der Waals surface area contributed by atoms with Crippen LogP contribution in [-0.4, -0.2) is 16.9 Å². The summed E-state index contributed by atoms with van der Waals surface area (Å²) in [6, 6.07) is 0.0332. The molecule has 4 heteroatoms. The van der Waals surface area contributed by atoms with E-state index in [1.807, 2.05) is 4.68 Å². The van der Waals surface area contributed by atoms with Gasteiger partial charge in [0.05, 0.1) is 25.0 Å². The van der Waals surface area contributed by atoms with Gasteiger partial charge in [-0.1, -0.05) is 39.5 Å². The Balaban J connectivity index is 2.63. The topological polar surface area (TPSA) is 53.1 Å². The van der Waals surface area contributed by atoms with Crippen LogP contribution in [0.25, 0.3) is 0 Å². The first-order valence-electron chi connectivity index (χ1n) is 7.09. The maximum absolute atomic E-state index is 6.29. The van der Waals surface area contributed by atoms with Crippen LogP contribution in [0.15, 0.2) is 6.20 Å². The molecule has 2 N–H and O–H groups in total. The molecule has 0 saturated carbocycles. The Kier molecular flexibility index (Phi) is 6.80. The number of nitrogens with two attached hydrogens (primary N) is 1. The molecule has 0 fully saturated rings. The van der Waals surface area contributed by atoms with E-state index in [0.717, 1.165) is 30.8 Å². The quantitative estimate of drug-likeness (QED) is 0.687. The Bertz CT molecular complexity index is 336. The lowest BCUT2D eigenvalue weighted by atomic mass is 10.0. The van der Waals surface area contributed by atoms with Crippen LogP contribution in [0.5, 0.6) is 5.75 Å². The second-order valence-electron chi connectivity index (χ2n) is 4.78. The largest absolute Gasteiger partial charge is 0.493 e. The maximum atomic E-state index is 6.29. The molecule has 0 aliphatic rings. The number of aromatic nitrogens is 2. The van der Waals surface area contributed by atoms with Crippen LogP contribution in [0, 0.1) is 0 Å². The van der Waals surface area contributed by atoms with Gasteiger partial charge in [-0.3, -0.25) is 4.68 Å². The molecule has 18 heavy (non-hydrogen) atoms. The average molecular weight is 253 g/mol. The van der Waals surface area contributed by atoms with Crippen LogP contribution in [0.1, 0.15) is 64.1 Å². The van der Waals surface area contributed by atoms with Crippen molar-refractivity contribution in [2.75, 3.05) is 7.11 Å². The second-order valence-corrected chi connectivity index (χ2v) is 4.78. The molecule has 0 spiro atoms. The highest BCUT2D eigenvalue weighted by molar-refractivity contribution is 5.28. The first kappa shape index (κ1) is 15.0. The van der Waals surface area contributed by atoms with Crippen molar-refractivity contribution in [3.8, 4) is 5.75 Å². The van der Waals surface area contributed by atoms with Crippen LogP contribution in [-0.2, 0) is 6.54 Å². The van der Waals surface area contributed by atoms with Crippen molar-refractivity contribution >= 4 is 0 Å². The van der Waals surface area contributed by atoms with E-state index in [1.54, 1.807) is 13.3 Å². The third-order valence-electron chi connectivity index (χ3n) is 3.22. The van der Waals surface area contributed by atoms with Crippen LogP contribution in [0.2, 0.25) is 0 Å². The molecule has 1 aromatic rings. The Morgan fingerprint density at radius 2 is 2.06 bits per heavy atom. The molecule has 0 aromatic carbocycles. The summed E-state index contributed by atoms with van der Waals surface area (Å²) in [6.45, 7) is 5.27. The SMILES string of the molecule is CCCCCCC(N)c1c(OC)cnn1CCC. The van der Waals surface area contributed by atoms with Crippen LogP contribution < -0.4 is 10.5 Å². The van der Waals surface area contributed by atoms with Crippen molar-refractivity contribution < 1.29 is 4.74 Å². The van der Waals surface area contributed by atoms with Gasteiger partial charge in [-0.25, -0.2) is 0 Å². The van der Waals surface area contributed by atoms with E-state index in [1.165, 1.54) is 25.7 Å². The molecule has 0 aliphatic carbocycles. The first-order chi connectivity index (χ1) is 8.74. The van der Waals surface area contributed by atoms with Crippen molar-refractivity contribution in [3.05, 3.63) is 11.9 Å². The molecule has 104 valence electrons. The molecule has 1 heterocycles. The van der Waals surface area contributed by atoms with Gasteiger partial charge in [-0.15, -0.1) is 0 Å². The zero-order valence-corrected chi connectivity index (χ0v) is 12.0. The zero-order chi connectivity index (χ0) is 13.4. The number of rotatable bonds is 9. The van der Waals surface area contributed by atoms with Crippen molar-refractivity contribution in [1.29, 1.82) is 0 Å². The summed E-state index contributed by atoms with van der Waals surface area (Å²) in [7, 11) is 1.68. The maximum Gasteiger partial charge on any atom is 0.161 e. The highest BCUT2D eigenvalue weighted by Crippen LogP contribution is 2.27. The second kappa shape index (κ2) is 8.14. The summed E-state index contributed by atoms with van der Waals surface area (Å²) in [5.74, 6) is 0.825. The molecule has 1 aromatic heterocycles. The van der Waals surface area contributed by atoms with Gasteiger partial charge in [0.15, 0.2) is 5.75 Å². The zero-order valence-electron chi connectivity index (χ0n) is 12.0. The van der Waals surface area contributed by atoms with E-state index in [-0.39, 0.29) is 6.04 Å². The molecular formula is C14H27N3O. The van der Waals surface area contributed by atoms with E-state index in [2.05, 4.69) is 18.9 Å². The Morgan fingerprint density at radius 1 is 1.28 bits per heavy atom. The predicted octanol–water partition coefficient (Wildman–Crippen LogP) is 3.27. The molecule has 0 radical (unpaired) electrons. The van der Waals surface area contributed by atoms with E-state index < -0.39 is 0 Å². The summed E-state index contributed by atoms with van der Waals surface area (Å²) in [5, 5.41) is 4.35. The number of unbranched alkanes of at least 4 members (excludes halogenated alkanes) is 3. The minimum Gasteiger partial charge on any atom is -0.493 e. The Morgan fingerprint density at radius 3 is 2.67 bits per heavy atom. The van der Waals surface area contributed by atoms with E-state index in [9.17, 15) is 0 Å². The fourth-order valence-corrected chi connectivity index (χ4v) is 2.23. The van der Waals surface area contributed by atoms with Crippen molar-refractivity contribution in [3.63, 3.8) is 0 Å². The third kappa shape index (κ3) is 4.02. The number of methoxy groups -OCH3 is 1. The molecule has 1 unspecified atom stereocenters. The Hall–Kier alpha value is -1.03. The van der Waals surface area contributed by atoms with E-state index >= 15 is 0 Å². The Labute approximate surface area is 111 Å². The van der Waals surface area contributed by atoms with Crippen molar-refractivity contribution in [2.24, 2.45) is 5.73 Å². The number of hydrogen-bond acceptors (Lipinski definition) is 3. The molecule has 0 amide bonds. The van der Waals surface area contributed by atoms with Gasteiger partial charge in [0.1, 0.15) is 0 Å². The number of ether oxygens (including phenoxy) is 1. The third-order valence-corrected chi connectivity index (χ3v) is 3.22. The van der Waals surface area contributed by atoms with Gasteiger partial charge in [0, 0.05) is 6.54 Å². The lowest BCUT2D eigenvalue weighted by Gasteiger charge is -2.15. The molecule has 1 rings (SSSR count). The number of aryl methyl sites for hydroxylation is 1. The normalized spacial score (nSPS) is 12.7. The van der Waals surface area contributed by atoms with Crippen LogP contribution >= 0.6 is 0 Å². The van der Waals surface area contributed by atoms with Crippen molar-refractivity contribution in [2.45, 2.75) is 65.0 Å². The number of hydrogen-bond donors (Lipinski definition) is 1. The summed E-state index contributed by atoms with van der Waals surface area (Å²) < 4.78 is 7.35. The van der Waals surface area contributed by atoms with Crippen molar-refractivity contribution in [1.82, 2.24) is 9.78 Å². The molecular weight excluding hydrogens is 226 g/mol. The van der Waals surface area contributed by atoms with E-state index in [4.69, 9.17) is 10.5 Å². The molecule has 0 bridgehead atoms. The summed E-state index contributed by atoms with van der Waals surface area (Å²) in [5.41, 5.74) is 7.34. The van der Waals surface area contributed by atoms with Crippen LogP contribution in [0.3, 0.4) is 0 Å². The molecule has 4 nitrogen and oxygen atoms in total. The summed E-state index contributed by atoms with van der Waals surface area (Å²) in [6.07, 6.45) is 8.82. The predicted molar refractivity (Wildman–Crippen MR) is 74.8 cm³/mol. The van der Waals surface area contributed by atoms with Gasteiger partial charge in [0.25, 0.3) is 0 Å². The molecule has 0 aliphatic heterocycles. The van der Waals surface area contributed by atoms with Gasteiger partial charge >= 0.3 is 0 Å². The highest BCUT2D eigenvalue weighted by atomic mass is 16.5. The first-order valence-corrected chi connectivity index (χ1v) is 7.09. The summed E-state index contributed by atoms with van der Waals surface area (Å²) >= 11 is 0. The fourth-order valence-electron chi connectivity index (χ4n) is 2.23. The lowest BCUT2D eigenvalue weighted by Crippen LogP contribution is -2.17. The highest BCUT2D eigenvalue weighted by Gasteiger charge is 2.17. The smallest absolute Gasteiger partial charge is 0.161 e. The standard InChI is InChI=1S/C14H27N3O/c1-4-6-7-8-9-12(15)14-13(18-3)11-16-17(14)10-5-2/h11-12H,4-10,15H2,1-3H3. The minimum atomic E-state index is 0.0332.